The van der Waals surface area contributed by atoms with Gasteiger partial charge in [0, 0.05) is 13.0 Å². The van der Waals surface area contributed by atoms with Crippen molar-refractivity contribution in [3.63, 3.8) is 0 Å². The van der Waals surface area contributed by atoms with Gasteiger partial charge in [0.2, 0.25) is 0 Å². The molecule has 1 aliphatic carbocycles. The van der Waals surface area contributed by atoms with Crippen LogP contribution in [0, 0.1) is 5.82 Å². The van der Waals surface area contributed by atoms with E-state index in [1.165, 1.54) is 12.1 Å². The first-order valence-electron chi connectivity index (χ1n) is 6.03. The average Bonchev–Trinajstić information content (AvgIpc) is 2.32. The SMILES string of the molecule is CCCOC1C(O)CC1Oc1ccc(F)cc1Br. The minimum Gasteiger partial charge on any atom is -0.486 e. The number of halogens is 2. The minimum absolute atomic E-state index is 0.173. The van der Waals surface area contributed by atoms with Crippen LogP contribution in [0.5, 0.6) is 5.75 Å². The molecule has 0 spiro atoms. The van der Waals surface area contributed by atoms with E-state index in [-0.39, 0.29) is 18.0 Å². The molecule has 3 unspecified atom stereocenters. The van der Waals surface area contributed by atoms with E-state index in [0.29, 0.717) is 23.2 Å². The number of hydrogen-bond donors (Lipinski definition) is 1. The smallest absolute Gasteiger partial charge is 0.134 e. The second kappa shape index (κ2) is 5.99. The zero-order chi connectivity index (χ0) is 13.1. The topological polar surface area (TPSA) is 38.7 Å². The van der Waals surface area contributed by atoms with Crippen LogP contribution in [-0.4, -0.2) is 30.0 Å². The van der Waals surface area contributed by atoms with Crippen LogP contribution in [0.1, 0.15) is 19.8 Å². The van der Waals surface area contributed by atoms with Crippen LogP contribution in [0.25, 0.3) is 0 Å². The molecular weight excluding hydrogens is 303 g/mol. The fraction of sp³-hybridized carbons (Fsp3) is 0.538. The maximum absolute atomic E-state index is 12.9. The highest BCUT2D eigenvalue weighted by molar-refractivity contribution is 9.10. The Balaban J connectivity index is 1.96. The molecule has 2 rings (SSSR count). The summed E-state index contributed by atoms with van der Waals surface area (Å²) in [5.74, 6) is 0.250. The first-order chi connectivity index (χ1) is 8.61. The van der Waals surface area contributed by atoms with E-state index in [2.05, 4.69) is 15.9 Å². The lowest BCUT2D eigenvalue weighted by Crippen LogP contribution is -2.55. The monoisotopic (exact) mass is 318 g/mol. The summed E-state index contributed by atoms with van der Waals surface area (Å²) in [4.78, 5) is 0. The van der Waals surface area contributed by atoms with E-state index in [0.717, 1.165) is 6.42 Å². The molecule has 0 radical (unpaired) electrons. The molecule has 1 aromatic carbocycles. The largest absolute Gasteiger partial charge is 0.486 e. The van der Waals surface area contributed by atoms with Crippen LogP contribution in [-0.2, 0) is 4.74 Å². The molecule has 1 aliphatic rings. The fourth-order valence-corrected chi connectivity index (χ4v) is 2.32. The van der Waals surface area contributed by atoms with E-state index in [1.807, 2.05) is 6.92 Å². The first kappa shape index (κ1) is 13.8. The Morgan fingerprint density at radius 2 is 2.28 bits per heavy atom. The van der Waals surface area contributed by atoms with Crippen molar-refractivity contribution in [3.8, 4) is 5.75 Å². The lowest BCUT2D eigenvalue weighted by atomic mass is 9.88. The van der Waals surface area contributed by atoms with Crippen molar-refractivity contribution in [1.29, 1.82) is 0 Å². The maximum Gasteiger partial charge on any atom is 0.134 e. The zero-order valence-electron chi connectivity index (χ0n) is 10.1. The van der Waals surface area contributed by atoms with Crippen molar-refractivity contribution in [2.75, 3.05) is 6.61 Å². The van der Waals surface area contributed by atoms with Crippen molar-refractivity contribution in [3.05, 3.63) is 28.5 Å². The number of hydrogen-bond acceptors (Lipinski definition) is 3. The van der Waals surface area contributed by atoms with Crippen LogP contribution in [0.4, 0.5) is 4.39 Å². The van der Waals surface area contributed by atoms with Gasteiger partial charge in [0.05, 0.1) is 10.6 Å². The average molecular weight is 319 g/mol. The molecule has 5 heteroatoms. The molecule has 0 aliphatic heterocycles. The number of aliphatic hydroxyl groups is 1. The van der Waals surface area contributed by atoms with Gasteiger partial charge >= 0.3 is 0 Å². The lowest BCUT2D eigenvalue weighted by molar-refractivity contribution is -0.162. The highest BCUT2D eigenvalue weighted by Crippen LogP contribution is 2.33. The van der Waals surface area contributed by atoms with Gasteiger partial charge in [0.15, 0.2) is 0 Å². The highest BCUT2D eigenvalue weighted by Gasteiger charge is 2.43. The van der Waals surface area contributed by atoms with E-state index < -0.39 is 6.10 Å². The predicted molar refractivity (Wildman–Crippen MR) is 69.2 cm³/mol. The van der Waals surface area contributed by atoms with E-state index in [9.17, 15) is 9.50 Å². The Labute approximate surface area is 114 Å². The third-order valence-corrected chi connectivity index (χ3v) is 3.53. The second-order valence-electron chi connectivity index (χ2n) is 4.37. The van der Waals surface area contributed by atoms with Gasteiger partial charge in [-0.25, -0.2) is 4.39 Å². The molecule has 1 N–H and O–H groups in total. The summed E-state index contributed by atoms with van der Waals surface area (Å²) in [7, 11) is 0. The zero-order valence-corrected chi connectivity index (χ0v) is 11.7. The molecule has 1 fully saturated rings. The first-order valence-corrected chi connectivity index (χ1v) is 6.82. The summed E-state index contributed by atoms with van der Waals surface area (Å²) >= 11 is 3.25. The number of ether oxygens (including phenoxy) is 2. The Morgan fingerprint density at radius 1 is 1.50 bits per heavy atom. The Morgan fingerprint density at radius 3 is 2.89 bits per heavy atom. The molecular formula is C13H16BrFO3. The van der Waals surface area contributed by atoms with Crippen molar-refractivity contribution in [2.24, 2.45) is 0 Å². The molecule has 100 valence electrons. The minimum atomic E-state index is -0.472. The predicted octanol–water partition coefficient (Wildman–Crippen LogP) is 2.90. The summed E-state index contributed by atoms with van der Waals surface area (Å²) in [6, 6.07) is 4.27. The van der Waals surface area contributed by atoms with Crippen molar-refractivity contribution in [2.45, 2.75) is 38.1 Å². The molecule has 0 aromatic heterocycles. The van der Waals surface area contributed by atoms with Crippen LogP contribution in [0.3, 0.4) is 0 Å². The van der Waals surface area contributed by atoms with Crippen molar-refractivity contribution < 1.29 is 19.0 Å². The van der Waals surface area contributed by atoms with Crippen molar-refractivity contribution in [1.82, 2.24) is 0 Å². The van der Waals surface area contributed by atoms with Crippen LogP contribution < -0.4 is 4.74 Å². The number of benzene rings is 1. The molecule has 0 bridgehead atoms. The number of aliphatic hydroxyl groups excluding tert-OH is 1. The van der Waals surface area contributed by atoms with Gasteiger partial charge in [-0.3, -0.25) is 0 Å². The summed E-state index contributed by atoms with van der Waals surface area (Å²) in [5.41, 5.74) is 0. The highest BCUT2D eigenvalue weighted by atomic mass is 79.9. The lowest BCUT2D eigenvalue weighted by Gasteiger charge is -2.40. The van der Waals surface area contributed by atoms with Gasteiger partial charge in [-0.15, -0.1) is 0 Å². The Bertz CT molecular complexity index is 413. The third kappa shape index (κ3) is 3.02. The normalized spacial score (nSPS) is 26.8. The van der Waals surface area contributed by atoms with Gasteiger partial charge in [0.1, 0.15) is 23.8 Å². The van der Waals surface area contributed by atoms with Gasteiger partial charge in [0.25, 0.3) is 0 Å². The summed E-state index contributed by atoms with van der Waals surface area (Å²) in [6.07, 6.45) is 0.505. The molecule has 3 nitrogen and oxygen atoms in total. The maximum atomic E-state index is 12.9. The van der Waals surface area contributed by atoms with Gasteiger partial charge < -0.3 is 14.6 Å². The molecule has 0 heterocycles. The van der Waals surface area contributed by atoms with Gasteiger partial charge in [-0.1, -0.05) is 6.92 Å². The van der Waals surface area contributed by atoms with Gasteiger partial charge in [-0.05, 0) is 40.5 Å². The molecule has 0 amide bonds. The second-order valence-corrected chi connectivity index (χ2v) is 5.22. The van der Waals surface area contributed by atoms with Crippen LogP contribution >= 0.6 is 15.9 Å². The molecule has 0 saturated heterocycles. The van der Waals surface area contributed by atoms with E-state index >= 15 is 0 Å². The third-order valence-electron chi connectivity index (χ3n) is 2.91. The van der Waals surface area contributed by atoms with E-state index in [1.54, 1.807) is 6.07 Å². The summed E-state index contributed by atoms with van der Waals surface area (Å²) < 4.78 is 24.7. The fourth-order valence-electron chi connectivity index (χ4n) is 1.88. The quantitative estimate of drug-likeness (QED) is 0.907. The molecule has 18 heavy (non-hydrogen) atoms. The van der Waals surface area contributed by atoms with E-state index in [4.69, 9.17) is 9.47 Å². The number of rotatable bonds is 5. The van der Waals surface area contributed by atoms with Crippen LogP contribution in [0.15, 0.2) is 22.7 Å². The molecule has 3 atom stereocenters. The Kier molecular flexibility index (Phi) is 4.59. The summed E-state index contributed by atoms with van der Waals surface area (Å²) in [5, 5.41) is 9.62. The standard InChI is InChI=1S/C13H16BrFO3/c1-2-5-17-13-10(16)7-12(13)18-11-4-3-8(15)6-9(11)14/h3-4,6,10,12-13,16H,2,5,7H2,1H3. The summed E-state index contributed by atoms with van der Waals surface area (Å²) in [6.45, 7) is 2.61. The Hall–Kier alpha value is -0.650. The molecule has 1 saturated carbocycles. The van der Waals surface area contributed by atoms with Crippen molar-refractivity contribution >= 4 is 15.9 Å². The van der Waals surface area contributed by atoms with Gasteiger partial charge in [-0.2, -0.15) is 0 Å². The van der Waals surface area contributed by atoms with Crippen LogP contribution in [0.2, 0.25) is 0 Å². The molecule has 1 aromatic rings.